The van der Waals surface area contributed by atoms with E-state index in [0.29, 0.717) is 6.61 Å². The highest BCUT2D eigenvalue weighted by atomic mass is 32.1. The highest BCUT2D eigenvalue weighted by molar-refractivity contribution is 7.12. The fourth-order valence-electron chi connectivity index (χ4n) is 2.14. The van der Waals surface area contributed by atoms with Gasteiger partial charge in [0.15, 0.2) is 0 Å². The largest absolute Gasteiger partial charge is 0.494 e. The second-order valence-electron chi connectivity index (χ2n) is 4.61. The summed E-state index contributed by atoms with van der Waals surface area (Å²) in [5, 5.41) is 3.40. The van der Waals surface area contributed by atoms with E-state index in [9.17, 15) is 0 Å². The van der Waals surface area contributed by atoms with Crippen LogP contribution in [0.1, 0.15) is 33.8 Å². The van der Waals surface area contributed by atoms with Gasteiger partial charge in [0.2, 0.25) is 0 Å². The molecule has 102 valence electrons. The molecule has 1 aromatic carbocycles. The molecule has 0 fully saturated rings. The highest BCUT2D eigenvalue weighted by Crippen LogP contribution is 2.31. The molecule has 19 heavy (non-hydrogen) atoms. The maximum absolute atomic E-state index is 5.49. The summed E-state index contributed by atoms with van der Waals surface area (Å²) in [5.41, 5.74) is 2.64. The zero-order valence-electron chi connectivity index (χ0n) is 12.0. The summed E-state index contributed by atoms with van der Waals surface area (Å²) in [4.78, 5) is 2.75. The maximum atomic E-state index is 5.49. The monoisotopic (exact) mass is 275 g/mol. The van der Waals surface area contributed by atoms with Crippen LogP contribution in [0.4, 0.5) is 0 Å². The van der Waals surface area contributed by atoms with Crippen LogP contribution in [-0.2, 0) is 0 Å². The van der Waals surface area contributed by atoms with Gasteiger partial charge in [0, 0.05) is 9.75 Å². The molecule has 1 unspecified atom stereocenters. The van der Waals surface area contributed by atoms with E-state index in [2.05, 4.69) is 37.4 Å². The number of ether oxygens (including phenoxy) is 1. The molecule has 0 radical (unpaired) electrons. The summed E-state index contributed by atoms with van der Waals surface area (Å²) in [6, 6.07) is 10.9. The zero-order valence-corrected chi connectivity index (χ0v) is 12.8. The van der Waals surface area contributed by atoms with Crippen molar-refractivity contribution in [2.24, 2.45) is 0 Å². The molecule has 0 aliphatic carbocycles. The van der Waals surface area contributed by atoms with Crippen LogP contribution in [0.3, 0.4) is 0 Å². The Bertz CT molecular complexity index is 511. The lowest BCUT2D eigenvalue weighted by atomic mass is 10.0. The molecule has 1 aromatic heterocycles. The Morgan fingerprint density at radius 1 is 1.21 bits per heavy atom. The number of benzene rings is 1. The van der Waals surface area contributed by atoms with Gasteiger partial charge in [0.1, 0.15) is 5.75 Å². The van der Waals surface area contributed by atoms with E-state index in [-0.39, 0.29) is 6.04 Å². The molecule has 0 bridgehead atoms. The van der Waals surface area contributed by atoms with Crippen LogP contribution in [0.5, 0.6) is 5.75 Å². The molecule has 2 aromatic rings. The standard InChI is InChI=1S/C16H21NOS/c1-5-18-14-8-6-13(7-9-14)16(17-4)15-10-11(2)12(3)19-15/h6-10,16-17H,5H2,1-4H3. The Morgan fingerprint density at radius 3 is 2.37 bits per heavy atom. The van der Waals surface area contributed by atoms with Crippen LogP contribution < -0.4 is 10.1 Å². The number of hydrogen-bond acceptors (Lipinski definition) is 3. The van der Waals surface area contributed by atoms with Gasteiger partial charge in [-0.1, -0.05) is 12.1 Å². The molecule has 0 saturated heterocycles. The predicted octanol–water partition coefficient (Wildman–Crippen LogP) is 4.07. The summed E-state index contributed by atoms with van der Waals surface area (Å²) in [6.45, 7) is 7.05. The lowest BCUT2D eigenvalue weighted by Gasteiger charge is -2.15. The molecule has 1 N–H and O–H groups in total. The van der Waals surface area contributed by atoms with Gasteiger partial charge >= 0.3 is 0 Å². The van der Waals surface area contributed by atoms with E-state index in [4.69, 9.17) is 4.74 Å². The van der Waals surface area contributed by atoms with E-state index in [1.165, 1.54) is 20.9 Å². The lowest BCUT2D eigenvalue weighted by Crippen LogP contribution is -2.16. The minimum Gasteiger partial charge on any atom is -0.494 e. The normalized spacial score (nSPS) is 12.4. The fourth-order valence-corrected chi connectivity index (χ4v) is 3.32. The van der Waals surface area contributed by atoms with Crippen LogP contribution in [0.25, 0.3) is 0 Å². The smallest absolute Gasteiger partial charge is 0.119 e. The van der Waals surface area contributed by atoms with Crippen LogP contribution in [0, 0.1) is 13.8 Å². The first-order valence-electron chi connectivity index (χ1n) is 6.62. The van der Waals surface area contributed by atoms with Crippen molar-refractivity contribution in [2.45, 2.75) is 26.8 Å². The second kappa shape index (κ2) is 6.22. The molecule has 0 amide bonds. The van der Waals surface area contributed by atoms with Crippen molar-refractivity contribution in [3.05, 3.63) is 51.2 Å². The van der Waals surface area contributed by atoms with Crippen molar-refractivity contribution in [2.75, 3.05) is 13.7 Å². The molecule has 0 spiro atoms. The van der Waals surface area contributed by atoms with Crippen LogP contribution in [0.15, 0.2) is 30.3 Å². The Morgan fingerprint density at radius 2 is 1.89 bits per heavy atom. The van der Waals surface area contributed by atoms with Crippen molar-refractivity contribution < 1.29 is 4.74 Å². The SMILES string of the molecule is CCOc1ccc(C(NC)c2cc(C)c(C)s2)cc1. The summed E-state index contributed by atoms with van der Waals surface area (Å²) < 4.78 is 5.49. The van der Waals surface area contributed by atoms with Crippen molar-refractivity contribution in [3.63, 3.8) is 0 Å². The number of aryl methyl sites for hydroxylation is 2. The summed E-state index contributed by atoms with van der Waals surface area (Å²) >= 11 is 1.86. The molecule has 2 rings (SSSR count). The van der Waals surface area contributed by atoms with E-state index >= 15 is 0 Å². The van der Waals surface area contributed by atoms with Crippen LogP contribution >= 0.6 is 11.3 Å². The molecular weight excluding hydrogens is 254 g/mol. The Labute approximate surface area is 119 Å². The van der Waals surface area contributed by atoms with Crippen molar-refractivity contribution in [1.29, 1.82) is 0 Å². The maximum Gasteiger partial charge on any atom is 0.119 e. The quantitative estimate of drug-likeness (QED) is 0.888. The highest BCUT2D eigenvalue weighted by Gasteiger charge is 2.15. The van der Waals surface area contributed by atoms with Gasteiger partial charge in [0.25, 0.3) is 0 Å². The molecule has 3 heteroatoms. The van der Waals surface area contributed by atoms with E-state index in [1.54, 1.807) is 0 Å². The Kier molecular flexibility index (Phi) is 4.61. The zero-order chi connectivity index (χ0) is 13.8. The average molecular weight is 275 g/mol. The van der Waals surface area contributed by atoms with Gasteiger partial charge < -0.3 is 10.1 Å². The van der Waals surface area contributed by atoms with E-state index < -0.39 is 0 Å². The molecule has 0 aliphatic heterocycles. The first-order chi connectivity index (χ1) is 9.15. The minimum atomic E-state index is 0.257. The second-order valence-corrected chi connectivity index (χ2v) is 5.90. The summed E-state index contributed by atoms with van der Waals surface area (Å²) in [6.07, 6.45) is 0. The van der Waals surface area contributed by atoms with Gasteiger partial charge in [0.05, 0.1) is 12.6 Å². The third-order valence-corrected chi connectivity index (χ3v) is 4.50. The third-order valence-electron chi connectivity index (χ3n) is 3.28. The lowest BCUT2D eigenvalue weighted by molar-refractivity contribution is 0.340. The average Bonchev–Trinajstić information content (AvgIpc) is 2.73. The number of thiophene rings is 1. The number of hydrogen-bond donors (Lipinski definition) is 1. The number of rotatable bonds is 5. The van der Waals surface area contributed by atoms with Gasteiger partial charge in [-0.15, -0.1) is 11.3 Å². The summed E-state index contributed by atoms with van der Waals surface area (Å²) in [7, 11) is 2.01. The molecule has 0 saturated carbocycles. The van der Waals surface area contributed by atoms with E-state index in [1.807, 2.05) is 37.4 Å². The van der Waals surface area contributed by atoms with Gasteiger partial charge in [-0.3, -0.25) is 0 Å². The van der Waals surface area contributed by atoms with Crippen LogP contribution in [-0.4, -0.2) is 13.7 Å². The molecular formula is C16H21NOS. The van der Waals surface area contributed by atoms with Gasteiger partial charge in [-0.2, -0.15) is 0 Å². The van der Waals surface area contributed by atoms with Crippen LogP contribution in [0.2, 0.25) is 0 Å². The first-order valence-corrected chi connectivity index (χ1v) is 7.44. The Balaban J connectivity index is 2.26. The summed E-state index contributed by atoms with van der Waals surface area (Å²) in [5.74, 6) is 0.930. The van der Waals surface area contributed by atoms with Gasteiger partial charge in [-0.25, -0.2) is 0 Å². The number of nitrogens with one attached hydrogen (secondary N) is 1. The molecule has 0 aliphatic rings. The van der Waals surface area contributed by atoms with Gasteiger partial charge in [-0.05, 0) is 57.1 Å². The fraction of sp³-hybridized carbons (Fsp3) is 0.375. The van der Waals surface area contributed by atoms with E-state index in [0.717, 1.165) is 5.75 Å². The van der Waals surface area contributed by atoms with Crippen molar-refractivity contribution in [3.8, 4) is 5.75 Å². The predicted molar refractivity (Wildman–Crippen MR) is 82.3 cm³/mol. The molecule has 1 atom stereocenters. The molecule has 2 nitrogen and oxygen atoms in total. The van der Waals surface area contributed by atoms with Crippen molar-refractivity contribution >= 4 is 11.3 Å². The first kappa shape index (κ1) is 14.1. The molecule has 1 heterocycles. The van der Waals surface area contributed by atoms with Crippen molar-refractivity contribution in [1.82, 2.24) is 5.32 Å². The topological polar surface area (TPSA) is 21.3 Å². The minimum absolute atomic E-state index is 0.257. The Hall–Kier alpha value is -1.32. The third kappa shape index (κ3) is 3.17.